The average molecular weight is 238 g/mol. The van der Waals surface area contributed by atoms with Crippen LogP contribution in [0.25, 0.3) is 0 Å². The van der Waals surface area contributed by atoms with Gasteiger partial charge in [-0.3, -0.25) is 5.41 Å². The molecule has 0 aromatic carbocycles. The van der Waals surface area contributed by atoms with Crippen molar-refractivity contribution < 1.29 is 30.3 Å². The molecular formula is C8H18N2O6. The Morgan fingerprint density at radius 2 is 1.62 bits per heavy atom. The number of rotatable bonds is 1. The predicted octanol–water partition coefficient (Wildman–Crippen LogP) is -3.28. The van der Waals surface area contributed by atoms with Crippen molar-refractivity contribution in [3.63, 3.8) is 0 Å². The number of aliphatic hydroxyl groups excluding tert-OH is 5. The van der Waals surface area contributed by atoms with Crippen molar-refractivity contribution >= 4 is 5.84 Å². The number of nitrogens with one attached hydrogen (secondary N) is 1. The molecule has 1 aliphatic rings. The molecule has 1 heterocycles. The third-order valence-corrected chi connectivity index (χ3v) is 1.87. The van der Waals surface area contributed by atoms with Gasteiger partial charge in [-0.05, 0) is 6.92 Å². The van der Waals surface area contributed by atoms with Crippen molar-refractivity contribution in [2.24, 2.45) is 5.73 Å². The molecule has 8 N–H and O–H groups in total. The van der Waals surface area contributed by atoms with Crippen LogP contribution in [0.15, 0.2) is 0 Å². The van der Waals surface area contributed by atoms with E-state index in [-0.39, 0.29) is 5.84 Å². The van der Waals surface area contributed by atoms with Crippen molar-refractivity contribution in [1.29, 1.82) is 5.41 Å². The van der Waals surface area contributed by atoms with Crippen LogP contribution in [0, 0.1) is 5.41 Å². The van der Waals surface area contributed by atoms with Gasteiger partial charge in [0.1, 0.15) is 24.4 Å². The fourth-order valence-corrected chi connectivity index (χ4v) is 1.08. The van der Waals surface area contributed by atoms with Crippen LogP contribution >= 0.6 is 0 Å². The molecule has 0 radical (unpaired) electrons. The fourth-order valence-electron chi connectivity index (χ4n) is 1.08. The van der Waals surface area contributed by atoms with Gasteiger partial charge in [0.05, 0.1) is 12.4 Å². The van der Waals surface area contributed by atoms with Crippen molar-refractivity contribution in [2.75, 3.05) is 6.61 Å². The van der Waals surface area contributed by atoms with Gasteiger partial charge in [-0.15, -0.1) is 0 Å². The number of hydrogen-bond acceptors (Lipinski definition) is 7. The lowest BCUT2D eigenvalue weighted by Crippen LogP contribution is -2.58. The molecule has 0 amide bonds. The Kier molecular flexibility index (Phi) is 6.41. The van der Waals surface area contributed by atoms with E-state index in [1.54, 1.807) is 0 Å². The second-order valence-corrected chi connectivity index (χ2v) is 3.40. The Morgan fingerprint density at radius 1 is 1.19 bits per heavy atom. The molecule has 0 aliphatic carbocycles. The highest BCUT2D eigenvalue weighted by Crippen LogP contribution is 2.18. The monoisotopic (exact) mass is 238 g/mol. The van der Waals surface area contributed by atoms with Crippen LogP contribution < -0.4 is 5.73 Å². The normalized spacial score (nSPS) is 38.5. The summed E-state index contributed by atoms with van der Waals surface area (Å²) in [6.07, 6.45) is -7.04. The van der Waals surface area contributed by atoms with E-state index in [4.69, 9.17) is 36.7 Å². The van der Waals surface area contributed by atoms with Gasteiger partial charge in [-0.25, -0.2) is 0 Å². The Bertz CT molecular complexity index is 218. The van der Waals surface area contributed by atoms with Crippen molar-refractivity contribution in [3.8, 4) is 0 Å². The number of hydrogen-bond donors (Lipinski definition) is 7. The van der Waals surface area contributed by atoms with Gasteiger partial charge < -0.3 is 36.0 Å². The average Bonchev–Trinajstić information content (AvgIpc) is 2.19. The first-order valence-corrected chi connectivity index (χ1v) is 4.60. The second kappa shape index (κ2) is 6.74. The van der Waals surface area contributed by atoms with E-state index < -0.39 is 37.3 Å². The molecule has 1 saturated heterocycles. The molecule has 0 aromatic heterocycles. The lowest BCUT2D eigenvalue weighted by Gasteiger charge is -2.37. The smallest absolute Gasteiger partial charge is 0.184 e. The first-order valence-electron chi connectivity index (χ1n) is 4.60. The lowest BCUT2D eigenvalue weighted by molar-refractivity contribution is -0.286. The minimum Gasteiger partial charge on any atom is -0.394 e. The topological polar surface area (TPSA) is 160 Å². The molecule has 96 valence electrons. The Balaban J connectivity index is 0.000000487. The van der Waals surface area contributed by atoms with Crippen LogP contribution in [0.4, 0.5) is 0 Å². The Labute approximate surface area is 92.4 Å². The predicted molar refractivity (Wildman–Crippen MR) is 53.6 cm³/mol. The van der Waals surface area contributed by atoms with E-state index >= 15 is 0 Å². The van der Waals surface area contributed by atoms with E-state index in [1.165, 1.54) is 6.92 Å². The molecule has 8 heteroatoms. The van der Waals surface area contributed by atoms with Gasteiger partial charge in [-0.2, -0.15) is 0 Å². The molecule has 0 aromatic rings. The molecular weight excluding hydrogens is 220 g/mol. The van der Waals surface area contributed by atoms with E-state index in [1.807, 2.05) is 0 Å². The summed E-state index contributed by atoms with van der Waals surface area (Å²) in [5.41, 5.74) is 4.69. The second-order valence-electron chi connectivity index (χ2n) is 3.40. The maximum atomic E-state index is 9.12. The highest BCUT2D eigenvalue weighted by atomic mass is 16.6. The molecule has 0 unspecified atom stereocenters. The van der Waals surface area contributed by atoms with Crippen LogP contribution in [0.1, 0.15) is 6.92 Å². The van der Waals surface area contributed by atoms with E-state index in [2.05, 4.69) is 4.74 Å². The Hall–Kier alpha value is -0.770. The van der Waals surface area contributed by atoms with Crippen molar-refractivity contribution in [1.82, 2.24) is 0 Å². The van der Waals surface area contributed by atoms with Gasteiger partial charge in [0.25, 0.3) is 0 Å². The number of amidine groups is 1. The molecule has 1 rings (SSSR count). The zero-order valence-corrected chi connectivity index (χ0v) is 8.82. The summed E-state index contributed by atoms with van der Waals surface area (Å²) < 4.78 is 4.58. The van der Waals surface area contributed by atoms with Gasteiger partial charge >= 0.3 is 0 Å². The third-order valence-electron chi connectivity index (χ3n) is 1.87. The zero-order valence-electron chi connectivity index (χ0n) is 8.82. The molecule has 0 spiro atoms. The first-order chi connectivity index (χ1) is 7.31. The quantitative estimate of drug-likeness (QED) is 0.186. The highest BCUT2D eigenvalue weighted by Gasteiger charge is 2.42. The molecule has 16 heavy (non-hydrogen) atoms. The summed E-state index contributed by atoms with van der Waals surface area (Å²) in [4.78, 5) is 0. The standard InChI is InChI=1S/C6H12O6.C2H6N2/c7-1-2-3(8)4(9)5(10)6(11)12-2;1-2(3)4/h2-11H,1H2;1H3,(H3,3,4)/t2-,3+,4+,5-,6+;/m1./s1. The molecule has 1 aliphatic heterocycles. The van der Waals surface area contributed by atoms with E-state index in [9.17, 15) is 0 Å². The summed E-state index contributed by atoms with van der Waals surface area (Å²) in [5.74, 6) is 0.167. The van der Waals surface area contributed by atoms with E-state index in [0.717, 1.165) is 0 Å². The van der Waals surface area contributed by atoms with Crippen molar-refractivity contribution in [3.05, 3.63) is 0 Å². The minimum absolute atomic E-state index is 0.167. The minimum atomic E-state index is -1.57. The fraction of sp³-hybridized carbons (Fsp3) is 0.875. The van der Waals surface area contributed by atoms with Gasteiger partial charge in [0, 0.05) is 0 Å². The summed E-state index contributed by atoms with van der Waals surface area (Å²) in [5, 5.41) is 50.9. The van der Waals surface area contributed by atoms with E-state index in [0.29, 0.717) is 0 Å². The molecule has 8 nitrogen and oxygen atoms in total. The largest absolute Gasteiger partial charge is 0.394 e. The zero-order chi connectivity index (χ0) is 12.9. The summed E-state index contributed by atoms with van der Waals surface area (Å²) in [6.45, 7) is 1.00. The first kappa shape index (κ1) is 15.2. The van der Waals surface area contributed by atoms with Crippen LogP contribution in [0.2, 0.25) is 0 Å². The van der Waals surface area contributed by atoms with Gasteiger partial charge in [0.2, 0.25) is 0 Å². The van der Waals surface area contributed by atoms with Crippen molar-refractivity contribution in [2.45, 2.75) is 37.6 Å². The SMILES string of the molecule is CC(=N)N.OC[C@H]1O[C@H](O)[C@H](O)[C@@H](O)[C@H]1O. The van der Waals surface area contributed by atoms with Crippen LogP contribution in [0.3, 0.4) is 0 Å². The summed E-state index contributed by atoms with van der Waals surface area (Å²) in [7, 11) is 0. The van der Waals surface area contributed by atoms with Crippen LogP contribution in [0.5, 0.6) is 0 Å². The molecule has 0 saturated carbocycles. The highest BCUT2D eigenvalue weighted by molar-refractivity contribution is 5.73. The molecule has 5 atom stereocenters. The number of ether oxygens (including phenoxy) is 1. The number of nitrogens with two attached hydrogens (primary N) is 1. The van der Waals surface area contributed by atoms with Gasteiger partial charge in [-0.1, -0.05) is 0 Å². The maximum absolute atomic E-state index is 9.12. The number of aliphatic hydroxyl groups is 5. The Morgan fingerprint density at radius 3 is 2.00 bits per heavy atom. The molecule has 1 fully saturated rings. The summed E-state index contributed by atoms with van der Waals surface area (Å²) >= 11 is 0. The maximum Gasteiger partial charge on any atom is 0.184 e. The van der Waals surface area contributed by atoms with Crippen LogP contribution in [-0.2, 0) is 4.74 Å². The molecule has 0 bridgehead atoms. The lowest BCUT2D eigenvalue weighted by atomic mass is 10.00. The third kappa shape index (κ3) is 4.39. The van der Waals surface area contributed by atoms with Gasteiger partial charge in [0.15, 0.2) is 6.29 Å². The summed E-state index contributed by atoms with van der Waals surface area (Å²) in [6, 6.07) is 0. The van der Waals surface area contributed by atoms with Crippen LogP contribution in [-0.4, -0.2) is 68.7 Å².